The molecule has 4 nitrogen and oxygen atoms in total. The third-order valence-corrected chi connectivity index (χ3v) is 2.52. The molecular weight excluding hydrogens is 268 g/mol. The molecule has 0 bridgehead atoms. The summed E-state index contributed by atoms with van der Waals surface area (Å²) in [7, 11) is 0. The van der Waals surface area contributed by atoms with Gasteiger partial charge in [-0.15, -0.1) is 0 Å². The molecular formula is C17H30O4. The van der Waals surface area contributed by atoms with Crippen LogP contribution in [0.4, 0.5) is 0 Å². The second-order valence-electron chi connectivity index (χ2n) is 4.51. The zero-order valence-electron chi connectivity index (χ0n) is 13.6. The van der Waals surface area contributed by atoms with Gasteiger partial charge in [0.25, 0.3) is 0 Å². The Kier molecular flexibility index (Phi) is 19.0. The molecule has 0 amide bonds. The number of rotatable bonds is 11. The van der Waals surface area contributed by atoms with E-state index in [-0.39, 0.29) is 11.9 Å². The quantitative estimate of drug-likeness (QED) is 0.326. The van der Waals surface area contributed by atoms with Gasteiger partial charge >= 0.3 is 11.9 Å². The molecule has 0 radical (unpaired) electrons. The maximum atomic E-state index is 10.6. The van der Waals surface area contributed by atoms with Crippen LogP contribution < -0.4 is 0 Å². The smallest absolute Gasteiger partial charge is 0.330 e. The topological polar surface area (TPSA) is 52.6 Å². The monoisotopic (exact) mass is 298 g/mol. The number of hydrogen-bond acceptors (Lipinski definition) is 4. The molecule has 0 aliphatic carbocycles. The van der Waals surface area contributed by atoms with Crippen molar-refractivity contribution in [1.82, 2.24) is 0 Å². The fraction of sp³-hybridized carbons (Fsp3) is 0.647. The minimum absolute atomic E-state index is 0.312. The van der Waals surface area contributed by atoms with Gasteiger partial charge in [-0.25, -0.2) is 9.59 Å². The SMILES string of the molecule is C=CC(=O)OCCC.C=CC(=O)OCCCCCCCC. The van der Waals surface area contributed by atoms with Gasteiger partial charge in [-0.3, -0.25) is 0 Å². The summed E-state index contributed by atoms with van der Waals surface area (Å²) >= 11 is 0. The molecule has 0 heterocycles. The average Bonchev–Trinajstić information content (AvgIpc) is 2.51. The number of carbonyl (C=O) groups is 2. The summed E-state index contributed by atoms with van der Waals surface area (Å²) in [5.74, 6) is -0.652. The van der Waals surface area contributed by atoms with E-state index in [4.69, 9.17) is 4.74 Å². The summed E-state index contributed by atoms with van der Waals surface area (Å²) in [6.45, 7) is 11.7. The molecule has 0 aliphatic heterocycles. The Morgan fingerprint density at radius 1 is 0.762 bits per heavy atom. The van der Waals surface area contributed by atoms with Crippen molar-refractivity contribution < 1.29 is 19.1 Å². The molecule has 0 N–H and O–H groups in total. The fourth-order valence-electron chi connectivity index (χ4n) is 1.38. The predicted molar refractivity (Wildman–Crippen MR) is 86.0 cm³/mol. The van der Waals surface area contributed by atoms with E-state index in [0.717, 1.165) is 25.3 Å². The van der Waals surface area contributed by atoms with E-state index in [1.165, 1.54) is 31.8 Å². The van der Waals surface area contributed by atoms with Crippen molar-refractivity contribution in [2.75, 3.05) is 13.2 Å². The molecule has 0 fully saturated rings. The fourth-order valence-corrected chi connectivity index (χ4v) is 1.38. The van der Waals surface area contributed by atoms with Crippen LogP contribution in [-0.4, -0.2) is 25.2 Å². The lowest BCUT2D eigenvalue weighted by molar-refractivity contribution is -0.138. The number of ether oxygens (including phenoxy) is 2. The van der Waals surface area contributed by atoms with Crippen molar-refractivity contribution in [2.45, 2.75) is 58.8 Å². The highest BCUT2D eigenvalue weighted by molar-refractivity contribution is 5.81. The first-order valence-electron chi connectivity index (χ1n) is 7.70. The molecule has 0 aromatic rings. The third kappa shape index (κ3) is 20.9. The standard InChI is InChI=1S/C11H20O2.C6H10O2/c1-3-5-6-7-8-9-10-13-11(12)4-2;1-3-5-8-6(7)4-2/h4H,2-3,5-10H2,1H3;4H,2-3,5H2,1H3. The first-order valence-corrected chi connectivity index (χ1v) is 7.70. The highest BCUT2D eigenvalue weighted by Crippen LogP contribution is 2.04. The second kappa shape index (κ2) is 18.4. The maximum Gasteiger partial charge on any atom is 0.330 e. The van der Waals surface area contributed by atoms with Crippen LogP contribution in [0.25, 0.3) is 0 Å². The summed E-state index contributed by atoms with van der Waals surface area (Å²) in [5.41, 5.74) is 0. The predicted octanol–water partition coefficient (Wildman–Crippen LogP) is 4.20. The van der Waals surface area contributed by atoms with E-state index < -0.39 is 0 Å². The zero-order chi connectivity index (χ0) is 16.3. The Bertz CT molecular complexity index is 285. The second-order valence-corrected chi connectivity index (χ2v) is 4.51. The summed E-state index contributed by atoms with van der Waals surface area (Å²) in [6.07, 6.45) is 10.5. The van der Waals surface area contributed by atoms with Crippen LogP contribution >= 0.6 is 0 Å². The summed E-state index contributed by atoms with van der Waals surface area (Å²) in [4.78, 5) is 20.8. The maximum absolute atomic E-state index is 10.6. The molecule has 0 atom stereocenters. The van der Waals surface area contributed by atoms with Crippen molar-refractivity contribution in [3.63, 3.8) is 0 Å². The third-order valence-electron chi connectivity index (χ3n) is 2.52. The molecule has 21 heavy (non-hydrogen) atoms. The molecule has 0 unspecified atom stereocenters. The van der Waals surface area contributed by atoms with Crippen LogP contribution in [0.15, 0.2) is 25.3 Å². The molecule has 0 saturated heterocycles. The van der Waals surface area contributed by atoms with E-state index in [2.05, 4.69) is 24.8 Å². The van der Waals surface area contributed by atoms with Gasteiger partial charge in [-0.05, 0) is 12.8 Å². The van der Waals surface area contributed by atoms with Gasteiger partial charge in [-0.2, -0.15) is 0 Å². The van der Waals surface area contributed by atoms with E-state index in [0.29, 0.717) is 13.2 Å². The molecule has 0 aromatic carbocycles. The van der Waals surface area contributed by atoms with Crippen LogP contribution in [0, 0.1) is 0 Å². The zero-order valence-corrected chi connectivity index (χ0v) is 13.6. The lowest BCUT2D eigenvalue weighted by Crippen LogP contribution is -2.01. The van der Waals surface area contributed by atoms with Gasteiger partial charge in [0.2, 0.25) is 0 Å². The Balaban J connectivity index is 0. The lowest BCUT2D eigenvalue weighted by atomic mass is 10.1. The van der Waals surface area contributed by atoms with E-state index in [1.54, 1.807) is 0 Å². The Labute approximate surface area is 129 Å². The highest BCUT2D eigenvalue weighted by Gasteiger charge is 1.94. The van der Waals surface area contributed by atoms with E-state index >= 15 is 0 Å². The van der Waals surface area contributed by atoms with E-state index in [1.807, 2.05) is 6.92 Å². The Morgan fingerprint density at radius 2 is 1.24 bits per heavy atom. The number of carbonyl (C=O) groups excluding carboxylic acids is 2. The van der Waals surface area contributed by atoms with Crippen molar-refractivity contribution in [1.29, 1.82) is 0 Å². The molecule has 0 spiro atoms. The number of unbranched alkanes of at least 4 members (excludes halogenated alkanes) is 5. The van der Waals surface area contributed by atoms with Gasteiger partial charge in [0.05, 0.1) is 13.2 Å². The summed E-state index contributed by atoms with van der Waals surface area (Å²) in [5, 5.41) is 0. The van der Waals surface area contributed by atoms with Crippen molar-refractivity contribution in [2.24, 2.45) is 0 Å². The van der Waals surface area contributed by atoms with Gasteiger partial charge < -0.3 is 9.47 Å². The van der Waals surface area contributed by atoms with Gasteiger partial charge in [-0.1, -0.05) is 59.1 Å². The molecule has 0 aromatic heterocycles. The molecule has 0 rings (SSSR count). The minimum atomic E-state index is -0.341. The van der Waals surface area contributed by atoms with Gasteiger partial charge in [0.1, 0.15) is 0 Å². The van der Waals surface area contributed by atoms with Crippen LogP contribution in [0.1, 0.15) is 58.8 Å². The number of hydrogen-bond donors (Lipinski definition) is 0. The van der Waals surface area contributed by atoms with Gasteiger partial charge in [0.15, 0.2) is 0 Å². The Morgan fingerprint density at radius 3 is 1.71 bits per heavy atom. The van der Waals surface area contributed by atoms with Crippen LogP contribution in [0.5, 0.6) is 0 Å². The number of esters is 2. The van der Waals surface area contributed by atoms with Crippen molar-refractivity contribution >= 4 is 11.9 Å². The first kappa shape index (κ1) is 21.7. The van der Waals surface area contributed by atoms with Crippen LogP contribution in [0.2, 0.25) is 0 Å². The summed E-state index contributed by atoms with van der Waals surface area (Å²) in [6, 6.07) is 0. The largest absolute Gasteiger partial charge is 0.463 e. The molecule has 0 saturated carbocycles. The molecule has 122 valence electrons. The van der Waals surface area contributed by atoms with Crippen LogP contribution in [0.3, 0.4) is 0 Å². The normalized spacial score (nSPS) is 9.05. The minimum Gasteiger partial charge on any atom is -0.463 e. The Hall–Kier alpha value is -1.58. The van der Waals surface area contributed by atoms with Crippen molar-refractivity contribution in [3.05, 3.63) is 25.3 Å². The van der Waals surface area contributed by atoms with Crippen LogP contribution in [-0.2, 0) is 19.1 Å². The molecule has 4 heteroatoms. The first-order chi connectivity index (χ1) is 10.1. The molecule has 0 aliphatic rings. The summed E-state index contributed by atoms with van der Waals surface area (Å²) < 4.78 is 9.42. The van der Waals surface area contributed by atoms with E-state index in [9.17, 15) is 9.59 Å². The van der Waals surface area contributed by atoms with Gasteiger partial charge in [0, 0.05) is 12.2 Å². The lowest BCUT2D eigenvalue weighted by Gasteiger charge is -2.01. The average molecular weight is 298 g/mol. The highest BCUT2D eigenvalue weighted by atomic mass is 16.5. The van der Waals surface area contributed by atoms with Crippen molar-refractivity contribution in [3.8, 4) is 0 Å².